The van der Waals surface area contributed by atoms with Gasteiger partial charge in [0.2, 0.25) is 10.0 Å². The van der Waals surface area contributed by atoms with Crippen molar-refractivity contribution in [3.05, 3.63) is 106 Å². The Morgan fingerprint density at radius 1 is 0.976 bits per heavy atom. The zero-order valence-electron chi connectivity index (χ0n) is 23.2. The van der Waals surface area contributed by atoms with Crippen LogP contribution >= 0.6 is 0 Å². The Hall–Kier alpha value is -3.99. The molecule has 10 heteroatoms. The van der Waals surface area contributed by atoms with Crippen LogP contribution in [0.5, 0.6) is 5.75 Å². The molecule has 0 aliphatic rings. The Morgan fingerprint density at radius 2 is 1.63 bits per heavy atom. The van der Waals surface area contributed by atoms with E-state index in [2.05, 4.69) is 5.32 Å². The van der Waals surface area contributed by atoms with Crippen molar-refractivity contribution < 1.29 is 27.5 Å². The van der Waals surface area contributed by atoms with Crippen molar-refractivity contribution in [3.63, 3.8) is 0 Å². The van der Waals surface area contributed by atoms with Crippen LogP contribution < -0.4 is 15.7 Å². The van der Waals surface area contributed by atoms with Crippen LogP contribution in [0.1, 0.15) is 29.8 Å². The van der Waals surface area contributed by atoms with Gasteiger partial charge in [-0.1, -0.05) is 62.4 Å². The lowest BCUT2D eigenvalue weighted by Gasteiger charge is -2.30. The van der Waals surface area contributed by atoms with E-state index < -0.39 is 33.7 Å². The molecule has 0 aliphatic heterocycles. The topological polar surface area (TPSA) is 126 Å². The largest absolute Gasteiger partial charge is 0.497 e. The van der Waals surface area contributed by atoms with Crippen molar-refractivity contribution in [2.24, 2.45) is 5.92 Å². The maximum atomic E-state index is 13.6. The van der Waals surface area contributed by atoms with Gasteiger partial charge in [0.25, 0.3) is 5.91 Å². The SMILES string of the molecule is COc1ccc(S(=O)(=O)N(CC(C)C)C[C@@H](O)[C@H](Cc2ccccc2)NC(=O)c2cc3ccccc3oc2=O)cc1. The molecule has 2 atom stereocenters. The monoisotopic (exact) mass is 578 g/mol. The van der Waals surface area contributed by atoms with Crippen LogP contribution in [0.25, 0.3) is 11.0 Å². The average Bonchev–Trinajstić information content (AvgIpc) is 2.96. The summed E-state index contributed by atoms with van der Waals surface area (Å²) >= 11 is 0. The molecule has 0 aliphatic carbocycles. The van der Waals surface area contributed by atoms with Gasteiger partial charge in [-0.3, -0.25) is 4.79 Å². The first-order valence-electron chi connectivity index (χ1n) is 13.3. The van der Waals surface area contributed by atoms with Crippen molar-refractivity contribution in [1.29, 1.82) is 0 Å². The maximum absolute atomic E-state index is 13.6. The molecule has 0 bridgehead atoms. The Balaban J connectivity index is 1.63. The maximum Gasteiger partial charge on any atom is 0.349 e. The highest BCUT2D eigenvalue weighted by molar-refractivity contribution is 7.89. The molecule has 0 spiro atoms. The quantitative estimate of drug-likeness (QED) is 0.245. The fourth-order valence-electron chi connectivity index (χ4n) is 4.53. The van der Waals surface area contributed by atoms with Gasteiger partial charge >= 0.3 is 5.63 Å². The number of benzene rings is 3. The van der Waals surface area contributed by atoms with Crippen molar-refractivity contribution in [2.75, 3.05) is 20.2 Å². The fourth-order valence-corrected chi connectivity index (χ4v) is 6.15. The number of rotatable bonds is 12. The molecule has 3 aromatic carbocycles. The number of nitrogens with one attached hydrogen (secondary N) is 1. The number of aliphatic hydroxyl groups is 1. The first-order valence-corrected chi connectivity index (χ1v) is 14.7. The van der Waals surface area contributed by atoms with Gasteiger partial charge in [-0.2, -0.15) is 4.31 Å². The molecule has 1 amide bonds. The molecule has 0 unspecified atom stereocenters. The number of aliphatic hydroxyl groups excluding tert-OH is 1. The lowest BCUT2D eigenvalue weighted by atomic mass is 10.0. The van der Waals surface area contributed by atoms with E-state index in [0.717, 1.165) is 5.56 Å². The zero-order valence-corrected chi connectivity index (χ0v) is 24.0. The third-order valence-electron chi connectivity index (χ3n) is 6.62. The van der Waals surface area contributed by atoms with Gasteiger partial charge < -0.3 is 19.6 Å². The molecular formula is C31H34N2O7S. The van der Waals surface area contributed by atoms with Crippen molar-refractivity contribution in [3.8, 4) is 5.75 Å². The predicted octanol–water partition coefficient (Wildman–Crippen LogP) is 3.85. The van der Waals surface area contributed by atoms with E-state index in [4.69, 9.17) is 9.15 Å². The van der Waals surface area contributed by atoms with E-state index in [-0.39, 0.29) is 35.9 Å². The fraction of sp³-hybridized carbons (Fsp3) is 0.290. The second-order valence-electron chi connectivity index (χ2n) is 10.2. The minimum absolute atomic E-state index is 0.0420. The molecule has 0 radical (unpaired) electrons. The average molecular weight is 579 g/mol. The number of fused-ring (bicyclic) bond motifs is 1. The molecule has 0 saturated heterocycles. The molecule has 1 aromatic heterocycles. The Kier molecular flexibility index (Phi) is 9.59. The molecule has 0 fully saturated rings. The van der Waals surface area contributed by atoms with Gasteiger partial charge in [0.05, 0.1) is 24.2 Å². The molecule has 2 N–H and O–H groups in total. The molecule has 0 saturated carbocycles. The van der Waals surface area contributed by atoms with Gasteiger partial charge in [-0.05, 0) is 54.3 Å². The molecule has 4 rings (SSSR count). The van der Waals surface area contributed by atoms with Crippen LogP contribution in [0.15, 0.2) is 99.0 Å². The van der Waals surface area contributed by atoms with Gasteiger partial charge in [0, 0.05) is 18.5 Å². The zero-order chi connectivity index (χ0) is 29.6. The van der Waals surface area contributed by atoms with Gasteiger partial charge in [-0.25, -0.2) is 13.2 Å². The molecule has 216 valence electrons. The lowest BCUT2D eigenvalue weighted by Crippen LogP contribution is -2.51. The van der Waals surface area contributed by atoms with Gasteiger partial charge in [0.1, 0.15) is 16.9 Å². The van der Waals surface area contributed by atoms with Crippen LogP contribution in [0, 0.1) is 5.92 Å². The lowest BCUT2D eigenvalue weighted by molar-refractivity contribution is 0.0773. The van der Waals surface area contributed by atoms with E-state index >= 15 is 0 Å². The summed E-state index contributed by atoms with van der Waals surface area (Å²) in [5, 5.41) is 14.8. The van der Waals surface area contributed by atoms with E-state index in [1.807, 2.05) is 44.2 Å². The number of hydrogen-bond acceptors (Lipinski definition) is 7. The van der Waals surface area contributed by atoms with Crippen LogP contribution in [0.2, 0.25) is 0 Å². The van der Waals surface area contributed by atoms with Crippen molar-refractivity contribution in [1.82, 2.24) is 9.62 Å². The molecule has 4 aromatic rings. The number of ether oxygens (including phenoxy) is 1. The van der Waals surface area contributed by atoms with Crippen LogP contribution in [-0.4, -0.2) is 56.1 Å². The van der Waals surface area contributed by atoms with E-state index in [1.165, 1.54) is 29.6 Å². The summed E-state index contributed by atoms with van der Waals surface area (Å²) in [7, 11) is -2.50. The van der Waals surface area contributed by atoms with E-state index in [9.17, 15) is 23.1 Å². The van der Waals surface area contributed by atoms with Gasteiger partial charge in [-0.15, -0.1) is 0 Å². The first kappa shape index (κ1) is 30.0. The number of para-hydroxylation sites is 1. The van der Waals surface area contributed by atoms with Gasteiger partial charge in [0.15, 0.2) is 0 Å². The summed E-state index contributed by atoms with van der Waals surface area (Å²) < 4.78 is 38.9. The third kappa shape index (κ3) is 7.40. The van der Waals surface area contributed by atoms with Crippen LogP contribution in [0.3, 0.4) is 0 Å². The summed E-state index contributed by atoms with van der Waals surface area (Å²) in [6.07, 6.45) is -1.11. The standard InChI is InChI=1S/C31H34N2O7S/c1-21(2)19-33(41(37,38)25-15-13-24(39-3)14-16-25)20-28(34)27(17-22-9-5-4-6-10-22)32-30(35)26-18-23-11-7-8-12-29(23)40-31(26)36/h4-16,18,21,27-28,34H,17,19-20H2,1-3H3,(H,32,35)/t27-,28+/m0/s1. The van der Waals surface area contributed by atoms with Crippen LogP contribution in [-0.2, 0) is 16.4 Å². The number of methoxy groups -OCH3 is 1. The number of carbonyl (C=O) groups excluding carboxylic acids is 1. The molecule has 41 heavy (non-hydrogen) atoms. The molecule has 1 heterocycles. The third-order valence-corrected chi connectivity index (χ3v) is 8.47. The van der Waals surface area contributed by atoms with Crippen molar-refractivity contribution in [2.45, 2.75) is 37.3 Å². The minimum Gasteiger partial charge on any atom is -0.497 e. The highest BCUT2D eigenvalue weighted by Gasteiger charge is 2.32. The van der Waals surface area contributed by atoms with E-state index in [0.29, 0.717) is 16.7 Å². The summed E-state index contributed by atoms with van der Waals surface area (Å²) in [6, 6.07) is 22.6. The summed E-state index contributed by atoms with van der Waals surface area (Å²) in [5.41, 5.74) is 0.148. The van der Waals surface area contributed by atoms with E-state index in [1.54, 1.807) is 36.4 Å². The summed E-state index contributed by atoms with van der Waals surface area (Å²) in [5.74, 6) is -0.249. The minimum atomic E-state index is -3.99. The summed E-state index contributed by atoms with van der Waals surface area (Å²) in [4.78, 5) is 26.0. The first-order chi connectivity index (χ1) is 19.6. The predicted molar refractivity (Wildman–Crippen MR) is 156 cm³/mol. The summed E-state index contributed by atoms with van der Waals surface area (Å²) in [6.45, 7) is 3.62. The van der Waals surface area contributed by atoms with Crippen molar-refractivity contribution >= 4 is 26.9 Å². The normalized spacial score (nSPS) is 13.3. The smallest absolute Gasteiger partial charge is 0.349 e. The second-order valence-corrected chi connectivity index (χ2v) is 12.2. The molecular weight excluding hydrogens is 544 g/mol. The highest BCUT2D eigenvalue weighted by Crippen LogP contribution is 2.22. The Morgan fingerprint density at radius 3 is 2.29 bits per heavy atom. The number of sulfonamides is 1. The Labute approximate surface area is 239 Å². The number of nitrogens with zero attached hydrogens (tertiary/aromatic N) is 1. The Bertz CT molecular complexity index is 1630. The number of hydrogen-bond donors (Lipinski definition) is 2. The number of carbonyl (C=O) groups is 1. The highest BCUT2D eigenvalue weighted by atomic mass is 32.2. The second kappa shape index (κ2) is 13.1. The van der Waals surface area contributed by atoms with Crippen LogP contribution in [0.4, 0.5) is 0 Å². The number of amides is 1. The molecule has 9 nitrogen and oxygen atoms in total.